The summed E-state index contributed by atoms with van der Waals surface area (Å²) in [5.74, 6) is -2.21. The van der Waals surface area contributed by atoms with E-state index >= 15 is 0 Å². The molecule has 1 heterocycles. The monoisotopic (exact) mass is 283 g/mol. The molecule has 106 valence electrons. The lowest BCUT2D eigenvalue weighted by atomic mass is 10.0. The zero-order valence-corrected chi connectivity index (χ0v) is 11.1. The Balaban J connectivity index is 2.03. The molecule has 2 aromatic carbocycles. The summed E-state index contributed by atoms with van der Waals surface area (Å²) in [5.41, 5.74) is 1.37. The van der Waals surface area contributed by atoms with Crippen LogP contribution in [0.15, 0.2) is 48.5 Å². The molecule has 0 spiro atoms. The highest BCUT2D eigenvalue weighted by Gasteiger charge is 2.37. The van der Waals surface area contributed by atoms with E-state index in [-0.39, 0.29) is 17.9 Å². The SMILES string of the molecule is O=C(O)C1CN(C(=O)c2ccccc2O)c2ccccc21. The van der Waals surface area contributed by atoms with Crippen molar-refractivity contribution >= 4 is 17.6 Å². The predicted molar refractivity (Wildman–Crippen MR) is 76.6 cm³/mol. The van der Waals surface area contributed by atoms with Gasteiger partial charge in [0.25, 0.3) is 5.91 Å². The molecule has 1 unspecified atom stereocenters. The Morgan fingerprint density at radius 1 is 1.05 bits per heavy atom. The maximum absolute atomic E-state index is 12.6. The Labute approximate surface area is 121 Å². The fourth-order valence-electron chi connectivity index (χ4n) is 2.61. The van der Waals surface area contributed by atoms with Crippen LogP contribution in [0.4, 0.5) is 5.69 Å². The average Bonchev–Trinajstić information content (AvgIpc) is 2.87. The predicted octanol–water partition coefficient (Wildman–Crippen LogP) is 2.22. The molecule has 21 heavy (non-hydrogen) atoms. The molecule has 0 saturated heterocycles. The summed E-state index contributed by atoms with van der Waals surface area (Å²) in [5, 5.41) is 19.1. The van der Waals surface area contributed by atoms with Crippen LogP contribution in [0.5, 0.6) is 5.75 Å². The van der Waals surface area contributed by atoms with Crippen molar-refractivity contribution in [2.75, 3.05) is 11.4 Å². The van der Waals surface area contributed by atoms with Gasteiger partial charge in [-0.05, 0) is 23.8 Å². The number of hydrogen-bond donors (Lipinski definition) is 2. The number of rotatable bonds is 2. The van der Waals surface area contributed by atoms with E-state index in [4.69, 9.17) is 0 Å². The van der Waals surface area contributed by atoms with Crippen molar-refractivity contribution in [3.05, 3.63) is 59.7 Å². The molecule has 5 heteroatoms. The van der Waals surface area contributed by atoms with Crippen molar-refractivity contribution < 1.29 is 19.8 Å². The van der Waals surface area contributed by atoms with E-state index in [1.54, 1.807) is 36.4 Å². The number of carboxylic acid groups (broad SMARTS) is 1. The first-order chi connectivity index (χ1) is 10.1. The lowest BCUT2D eigenvalue weighted by Crippen LogP contribution is -2.31. The molecular weight excluding hydrogens is 270 g/mol. The van der Waals surface area contributed by atoms with Gasteiger partial charge in [0.1, 0.15) is 11.7 Å². The van der Waals surface area contributed by atoms with Gasteiger partial charge in [-0.1, -0.05) is 30.3 Å². The maximum Gasteiger partial charge on any atom is 0.312 e. The Morgan fingerprint density at radius 2 is 1.71 bits per heavy atom. The van der Waals surface area contributed by atoms with Crippen molar-refractivity contribution in [2.24, 2.45) is 0 Å². The van der Waals surface area contributed by atoms with Crippen molar-refractivity contribution in [1.82, 2.24) is 0 Å². The summed E-state index contributed by atoms with van der Waals surface area (Å²) in [6, 6.07) is 13.2. The van der Waals surface area contributed by atoms with Crippen LogP contribution < -0.4 is 4.90 Å². The molecule has 1 atom stereocenters. The van der Waals surface area contributed by atoms with E-state index in [9.17, 15) is 19.8 Å². The van der Waals surface area contributed by atoms with Crippen LogP contribution in [0, 0.1) is 0 Å². The minimum Gasteiger partial charge on any atom is -0.507 e. The van der Waals surface area contributed by atoms with Gasteiger partial charge in [-0.3, -0.25) is 9.59 Å². The maximum atomic E-state index is 12.6. The van der Waals surface area contributed by atoms with Crippen LogP contribution in [0.2, 0.25) is 0 Å². The highest BCUT2D eigenvalue weighted by Crippen LogP contribution is 2.37. The third-order valence-corrected chi connectivity index (χ3v) is 3.65. The highest BCUT2D eigenvalue weighted by atomic mass is 16.4. The molecule has 0 aliphatic carbocycles. The molecule has 2 aromatic rings. The summed E-state index contributed by atoms with van der Waals surface area (Å²) >= 11 is 0. The number of aromatic hydroxyl groups is 1. The van der Waals surface area contributed by atoms with Crippen LogP contribution >= 0.6 is 0 Å². The summed E-state index contributed by atoms with van der Waals surface area (Å²) in [7, 11) is 0. The second-order valence-electron chi connectivity index (χ2n) is 4.88. The molecule has 1 aliphatic heterocycles. The Kier molecular flexibility index (Phi) is 3.10. The van der Waals surface area contributed by atoms with Gasteiger partial charge >= 0.3 is 5.97 Å². The van der Waals surface area contributed by atoms with Crippen LogP contribution in [-0.2, 0) is 4.79 Å². The van der Waals surface area contributed by atoms with Gasteiger partial charge < -0.3 is 15.1 Å². The van der Waals surface area contributed by atoms with Crippen LogP contribution in [0.25, 0.3) is 0 Å². The molecule has 5 nitrogen and oxygen atoms in total. The summed E-state index contributed by atoms with van der Waals surface area (Å²) in [6.45, 7) is 0.0713. The largest absolute Gasteiger partial charge is 0.507 e. The van der Waals surface area contributed by atoms with Crippen LogP contribution in [-0.4, -0.2) is 28.6 Å². The number of aliphatic carboxylic acids is 1. The fourth-order valence-corrected chi connectivity index (χ4v) is 2.61. The first kappa shape index (κ1) is 13.2. The highest BCUT2D eigenvalue weighted by molar-refractivity contribution is 6.10. The first-order valence-electron chi connectivity index (χ1n) is 6.51. The number of carbonyl (C=O) groups is 2. The van der Waals surface area contributed by atoms with Gasteiger partial charge in [-0.2, -0.15) is 0 Å². The van der Waals surface area contributed by atoms with Crippen LogP contribution in [0.1, 0.15) is 21.8 Å². The van der Waals surface area contributed by atoms with Gasteiger partial charge in [-0.25, -0.2) is 0 Å². The third-order valence-electron chi connectivity index (χ3n) is 3.65. The van der Waals surface area contributed by atoms with Gasteiger partial charge in [0.2, 0.25) is 0 Å². The standard InChI is InChI=1S/C16H13NO4/c18-14-8-4-2-6-11(14)15(19)17-9-12(16(20)21)10-5-1-3-7-13(10)17/h1-8,12,18H,9H2,(H,20,21). The molecular formula is C16H13NO4. The number of amides is 1. The van der Waals surface area contributed by atoms with Crippen molar-refractivity contribution in [3.8, 4) is 5.75 Å². The van der Waals surface area contributed by atoms with Gasteiger partial charge in [0.15, 0.2) is 0 Å². The lowest BCUT2D eigenvalue weighted by Gasteiger charge is -2.18. The van der Waals surface area contributed by atoms with E-state index in [1.807, 2.05) is 0 Å². The number of benzene rings is 2. The van der Waals surface area contributed by atoms with Gasteiger partial charge in [0, 0.05) is 12.2 Å². The molecule has 1 aliphatic rings. The fraction of sp³-hybridized carbons (Fsp3) is 0.125. The number of fused-ring (bicyclic) bond motifs is 1. The topological polar surface area (TPSA) is 77.8 Å². The van der Waals surface area contributed by atoms with Gasteiger partial charge in [0.05, 0.1) is 5.56 Å². The molecule has 3 rings (SSSR count). The number of para-hydroxylation sites is 2. The molecule has 0 bridgehead atoms. The summed E-state index contributed by atoms with van der Waals surface area (Å²) in [4.78, 5) is 25.3. The molecule has 1 amide bonds. The van der Waals surface area contributed by atoms with E-state index < -0.39 is 17.8 Å². The number of carboxylic acids is 1. The smallest absolute Gasteiger partial charge is 0.312 e. The Bertz CT molecular complexity index is 726. The van der Waals surface area contributed by atoms with Crippen molar-refractivity contribution in [1.29, 1.82) is 0 Å². The second kappa shape index (κ2) is 4.94. The Hall–Kier alpha value is -2.82. The van der Waals surface area contributed by atoms with Gasteiger partial charge in [-0.15, -0.1) is 0 Å². The van der Waals surface area contributed by atoms with E-state index in [0.717, 1.165) is 0 Å². The molecule has 0 aromatic heterocycles. The van der Waals surface area contributed by atoms with Crippen molar-refractivity contribution in [2.45, 2.75) is 5.92 Å². The minimum absolute atomic E-state index is 0.0713. The first-order valence-corrected chi connectivity index (χ1v) is 6.51. The van der Waals surface area contributed by atoms with E-state index in [0.29, 0.717) is 11.3 Å². The summed E-state index contributed by atoms with van der Waals surface area (Å²) in [6.07, 6.45) is 0. The number of anilines is 1. The molecule has 0 fully saturated rings. The number of phenolic OH excluding ortho intramolecular Hbond substituents is 1. The minimum atomic E-state index is -0.963. The lowest BCUT2D eigenvalue weighted by molar-refractivity contribution is -0.138. The number of carbonyl (C=O) groups excluding carboxylic acids is 1. The number of nitrogens with zero attached hydrogens (tertiary/aromatic N) is 1. The zero-order valence-electron chi connectivity index (χ0n) is 11.1. The van der Waals surface area contributed by atoms with Crippen LogP contribution in [0.3, 0.4) is 0 Å². The van der Waals surface area contributed by atoms with Crippen molar-refractivity contribution in [3.63, 3.8) is 0 Å². The molecule has 2 N–H and O–H groups in total. The zero-order chi connectivity index (χ0) is 15.0. The normalized spacial score (nSPS) is 16.6. The average molecular weight is 283 g/mol. The molecule has 0 radical (unpaired) electrons. The van der Waals surface area contributed by atoms with E-state index in [2.05, 4.69) is 0 Å². The summed E-state index contributed by atoms with van der Waals surface area (Å²) < 4.78 is 0. The third kappa shape index (κ3) is 2.12. The Morgan fingerprint density at radius 3 is 2.43 bits per heavy atom. The molecule has 0 saturated carbocycles. The number of phenols is 1. The second-order valence-corrected chi connectivity index (χ2v) is 4.88. The van der Waals surface area contributed by atoms with E-state index in [1.165, 1.54) is 17.0 Å². The number of hydrogen-bond acceptors (Lipinski definition) is 3. The quantitative estimate of drug-likeness (QED) is 0.886.